The highest BCUT2D eigenvalue weighted by atomic mass is 32.2. The minimum absolute atomic E-state index is 0.228. The molecule has 2 rings (SSSR count). The minimum Gasteiger partial charge on any atom is -0.311 e. The Morgan fingerprint density at radius 2 is 1.76 bits per heavy atom. The van der Waals surface area contributed by atoms with E-state index in [0.717, 1.165) is 19.3 Å². The third-order valence-corrected chi connectivity index (χ3v) is 5.95. The Hall–Kier alpha value is -0.130. The fourth-order valence-corrected chi connectivity index (χ4v) is 4.62. The predicted molar refractivity (Wildman–Crippen MR) is 69.4 cm³/mol. The standard InChI is InChI=1S/C12H24N2O2S/c1-3-7-14(17(15,16)4-2)12-8-10-5-6-11(9-12)13-10/h10-13H,3-9H2,1-2H3. The van der Waals surface area contributed by atoms with Crippen molar-refractivity contribution in [1.29, 1.82) is 0 Å². The zero-order chi connectivity index (χ0) is 12.5. The van der Waals surface area contributed by atoms with Crippen LogP contribution in [0.3, 0.4) is 0 Å². The van der Waals surface area contributed by atoms with Crippen LogP contribution in [0.4, 0.5) is 0 Å². The molecular formula is C12H24N2O2S. The normalized spacial score (nSPS) is 33.2. The van der Waals surface area contributed by atoms with Gasteiger partial charge in [-0.15, -0.1) is 0 Å². The second-order valence-corrected chi connectivity index (χ2v) is 7.48. The largest absolute Gasteiger partial charge is 0.311 e. The number of sulfonamides is 1. The second kappa shape index (κ2) is 5.24. The zero-order valence-corrected chi connectivity index (χ0v) is 11.7. The molecule has 0 aromatic carbocycles. The molecule has 2 bridgehead atoms. The average Bonchev–Trinajstić information content (AvgIpc) is 2.65. The maximum atomic E-state index is 12.1. The van der Waals surface area contributed by atoms with Gasteiger partial charge < -0.3 is 5.32 Å². The van der Waals surface area contributed by atoms with Crippen molar-refractivity contribution >= 4 is 10.0 Å². The van der Waals surface area contributed by atoms with E-state index in [1.54, 1.807) is 11.2 Å². The van der Waals surface area contributed by atoms with Gasteiger partial charge in [0.15, 0.2) is 0 Å². The van der Waals surface area contributed by atoms with Crippen molar-refractivity contribution in [3.05, 3.63) is 0 Å². The lowest BCUT2D eigenvalue weighted by molar-refractivity contribution is 0.226. The second-order valence-electron chi connectivity index (χ2n) is 5.27. The fraction of sp³-hybridized carbons (Fsp3) is 1.00. The van der Waals surface area contributed by atoms with E-state index in [2.05, 4.69) is 5.32 Å². The van der Waals surface area contributed by atoms with Crippen molar-refractivity contribution in [2.45, 2.75) is 64.1 Å². The lowest BCUT2D eigenvalue weighted by Gasteiger charge is -2.36. The van der Waals surface area contributed by atoms with Crippen molar-refractivity contribution in [2.75, 3.05) is 12.3 Å². The smallest absolute Gasteiger partial charge is 0.214 e. The first-order chi connectivity index (χ1) is 8.06. The molecule has 0 aromatic heterocycles. The van der Waals surface area contributed by atoms with E-state index in [9.17, 15) is 8.42 Å². The van der Waals surface area contributed by atoms with Crippen molar-refractivity contribution in [1.82, 2.24) is 9.62 Å². The topological polar surface area (TPSA) is 49.4 Å². The van der Waals surface area contributed by atoms with Gasteiger partial charge in [0, 0.05) is 24.7 Å². The van der Waals surface area contributed by atoms with Gasteiger partial charge in [0.2, 0.25) is 10.0 Å². The number of nitrogens with one attached hydrogen (secondary N) is 1. The fourth-order valence-electron chi connectivity index (χ4n) is 3.20. The average molecular weight is 260 g/mol. The van der Waals surface area contributed by atoms with Crippen LogP contribution in [0.15, 0.2) is 0 Å². The molecule has 2 fully saturated rings. The van der Waals surface area contributed by atoms with Gasteiger partial charge in [-0.3, -0.25) is 0 Å². The summed E-state index contributed by atoms with van der Waals surface area (Å²) < 4.78 is 26.0. The van der Waals surface area contributed by atoms with Gasteiger partial charge in [-0.05, 0) is 39.0 Å². The third kappa shape index (κ3) is 2.83. The summed E-state index contributed by atoms with van der Waals surface area (Å²) in [6.45, 7) is 4.47. The first-order valence-electron chi connectivity index (χ1n) is 6.82. The van der Waals surface area contributed by atoms with E-state index >= 15 is 0 Å². The SMILES string of the molecule is CCCN(C1CC2CCC(C1)N2)S(=O)(=O)CC. The monoisotopic (exact) mass is 260 g/mol. The van der Waals surface area contributed by atoms with Crippen LogP contribution in [0.2, 0.25) is 0 Å². The summed E-state index contributed by atoms with van der Waals surface area (Å²) in [6, 6.07) is 1.33. The molecule has 0 saturated carbocycles. The summed E-state index contributed by atoms with van der Waals surface area (Å²) in [5.41, 5.74) is 0. The molecular weight excluding hydrogens is 236 g/mol. The first kappa shape index (κ1) is 13.3. The predicted octanol–water partition coefficient (Wildman–Crippen LogP) is 1.33. The Morgan fingerprint density at radius 1 is 1.18 bits per heavy atom. The molecule has 0 spiro atoms. The molecule has 0 aromatic rings. The van der Waals surface area contributed by atoms with Crippen molar-refractivity contribution in [3.63, 3.8) is 0 Å². The maximum absolute atomic E-state index is 12.1. The molecule has 2 heterocycles. The number of fused-ring (bicyclic) bond motifs is 2. The molecule has 0 aliphatic carbocycles. The number of rotatable bonds is 5. The van der Waals surface area contributed by atoms with Gasteiger partial charge in [0.25, 0.3) is 0 Å². The molecule has 0 amide bonds. The molecule has 100 valence electrons. The quantitative estimate of drug-likeness (QED) is 0.811. The van der Waals surface area contributed by atoms with Gasteiger partial charge >= 0.3 is 0 Å². The van der Waals surface area contributed by atoms with Crippen LogP contribution in [-0.2, 0) is 10.0 Å². The van der Waals surface area contributed by atoms with Gasteiger partial charge in [-0.25, -0.2) is 8.42 Å². The molecule has 1 N–H and O–H groups in total. The van der Waals surface area contributed by atoms with E-state index < -0.39 is 10.0 Å². The summed E-state index contributed by atoms with van der Waals surface area (Å²) in [6.07, 6.45) is 5.32. The molecule has 2 unspecified atom stereocenters. The number of hydrogen-bond acceptors (Lipinski definition) is 3. The highest BCUT2D eigenvalue weighted by Crippen LogP contribution is 2.31. The van der Waals surface area contributed by atoms with Crippen molar-refractivity contribution in [3.8, 4) is 0 Å². The van der Waals surface area contributed by atoms with Crippen LogP contribution in [0.25, 0.3) is 0 Å². The summed E-state index contributed by atoms with van der Waals surface area (Å²) in [5, 5.41) is 3.57. The first-order valence-corrected chi connectivity index (χ1v) is 8.43. The van der Waals surface area contributed by atoms with Crippen LogP contribution >= 0.6 is 0 Å². The van der Waals surface area contributed by atoms with E-state index in [-0.39, 0.29) is 11.8 Å². The molecule has 5 heteroatoms. The molecule has 0 radical (unpaired) electrons. The third-order valence-electron chi connectivity index (χ3n) is 4.02. The Kier molecular flexibility index (Phi) is 4.10. The van der Waals surface area contributed by atoms with Gasteiger partial charge in [0.05, 0.1) is 5.75 Å². The molecule has 17 heavy (non-hydrogen) atoms. The summed E-state index contributed by atoms with van der Waals surface area (Å²) >= 11 is 0. The van der Waals surface area contributed by atoms with Crippen LogP contribution < -0.4 is 5.32 Å². The number of nitrogens with zero attached hydrogens (tertiary/aromatic N) is 1. The number of hydrogen-bond donors (Lipinski definition) is 1. The highest BCUT2D eigenvalue weighted by Gasteiger charge is 2.38. The maximum Gasteiger partial charge on any atom is 0.214 e. The van der Waals surface area contributed by atoms with Crippen molar-refractivity contribution < 1.29 is 8.42 Å². The molecule has 2 aliphatic rings. The van der Waals surface area contributed by atoms with E-state index in [0.29, 0.717) is 18.6 Å². The van der Waals surface area contributed by atoms with Crippen LogP contribution in [-0.4, -0.2) is 43.1 Å². The molecule has 2 aliphatic heterocycles. The van der Waals surface area contributed by atoms with Gasteiger partial charge in [-0.1, -0.05) is 6.92 Å². The minimum atomic E-state index is -3.04. The highest BCUT2D eigenvalue weighted by molar-refractivity contribution is 7.89. The Morgan fingerprint density at radius 3 is 2.24 bits per heavy atom. The Balaban J connectivity index is 2.11. The lowest BCUT2D eigenvalue weighted by atomic mass is 10.00. The molecule has 2 saturated heterocycles. The van der Waals surface area contributed by atoms with Crippen LogP contribution in [0.1, 0.15) is 46.0 Å². The van der Waals surface area contributed by atoms with E-state index in [1.165, 1.54) is 12.8 Å². The number of piperidine rings is 1. The van der Waals surface area contributed by atoms with Crippen LogP contribution in [0.5, 0.6) is 0 Å². The Labute approximate surface area is 105 Å². The lowest BCUT2D eigenvalue weighted by Crippen LogP contribution is -2.50. The molecule has 4 nitrogen and oxygen atoms in total. The van der Waals surface area contributed by atoms with Gasteiger partial charge in [-0.2, -0.15) is 4.31 Å². The van der Waals surface area contributed by atoms with Crippen molar-refractivity contribution in [2.24, 2.45) is 0 Å². The van der Waals surface area contributed by atoms with Gasteiger partial charge in [0.1, 0.15) is 0 Å². The summed E-state index contributed by atoms with van der Waals surface area (Å²) in [4.78, 5) is 0. The Bertz CT molecular complexity index is 344. The zero-order valence-electron chi connectivity index (χ0n) is 10.9. The summed E-state index contributed by atoms with van der Waals surface area (Å²) in [5.74, 6) is 0.228. The van der Waals surface area contributed by atoms with E-state index in [1.807, 2.05) is 6.92 Å². The molecule has 2 atom stereocenters. The van der Waals surface area contributed by atoms with Crippen LogP contribution in [0, 0.1) is 0 Å². The van der Waals surface area contributed by atoms with E-state index in [4.69, 9.17) is 0 Å². The summed E-state index contributed by atoms with van der Waals surface area (Å²) in [7, 11) is -3.04.